The molecular formula is C22H42O4. The van der Waals surface area contributed by atoms with Crippen LogP contribution in [-0.2, 0) is 14.3 Å². The number of aliphatic hydroxyl groups excluding tert-OH is 1. The third-order valence-corrected chi connectivity index (χ3v) is 4.74. The second kappa shape index (κ2) is 18.9. The molecule has 0 aliphatic carbocycles. The summed E-state index contributed by atoms with van der Waals surface area (Å²) in [5, 5.41) is 9.92. The first-order valence-electron chi connectivity index (χ1n) is 11.0. The standard InChI is InChI=1S/C22H42O4/c1-3-5-6-13-17-20(23)18-14-11-9-7-8-10-12-15-19-22(25)26-21(24)16-4-2/h20,23H,3-19H2,1-2H3. The van der Waals surface area contributed by atoms with Crippen molar-refractivity contribution >= 4 is 11.9 Å². The van der Waals surface area contributed by atoms with E-state index in [1.807, 2.05) is 6.92 Å². The zero-order chi connectivity index (χ0) is 19.5. The third-order valence-electron chi connectivity index (χ3n) is 4.74. The number of hydrogen-bond acceptors (Lipinski definition) is 4. The molecular weight excluding hydrogens is 328 g/mol. The van der Waals surface area contributed by atoms with Crippen molar-refractivity contribution in [1.29, 1.82) is 0 Å². The van der Waals surface area contributed by atoms with Gasteiger partial charge in [0.15, 0.2) is 0 Å². The van der Waals surface area contributed by atoms with Gasteiger partial charge in [-0.1, -0.05) is 84.5 Å². The molecule has 0 aromatic heterocycles. The molecule has 0 radical (unpaired) electrons. The van der Waals surface area contributed by atoms with Gasteiger partial charge in [0.05, 0.1) is 6.10 Å². The molecule has 0 amide bonds. The highest BCUT2D eigenvalue weighted by atomic mass is 16.6. The Morgan fingerprint density at radius 1 is 0.654 bits per heavy atom. The van der Waals surface area contributed by atoms with E-state index in [-0.39, 0.29) is 12.1 Å². The van der Waals surface area contributed by atoms with E-state index in [1.165, 1.54) is 44.9 Å². The SMILES string of the molecule is CCCCCCC(O)CCCCCCCCCCC(=O)OC(=O)CCC. The van der Waals surface area contributed by atoms with Crippen LogP contribution in [0.15, 0.2) is 0 Å². The number of ether oxygens (including phenoxy) is 1. The maximum Gasteiger partial charge on any atom is 0.313 e. The summed E-state index contributed by atoms with van der Waals surface area (Å²) in [5.74, 6) is -0.778. The van der Waals surface area contributed by atoms with E-state index in [2.05, 4.69) is 6.92 Å². The summed E-state index contributed by atoms with van der Waals surface area (Å²) in [4.78, 5) is 22.6. The van der Waals surface area contributed by atoms with Crippen LogP contribution in [0.1, 0.15) is 123 Å². The highest BCUT2D eigenvalue weighted by Crippen LogP contribution is 2.14. The number of carbonyl (C=O) groups excluding carboxylic acids is 2. The highest BCUT2D eigenvalue weighted by Gasteiger charge is 2.08. The maximum absolute atomic E-state index is 11.4. The minimum Gasteiger partial charge on any atom is -0.393 e. The molecule has 26 heavy (non-hydrogen) atoms. The molecule has 154 valence electrons. The Labute approximate surface area is 161 Å². The lowest BCUT2D eigenvalue weighted by Crippen LogP contribution is -2.11. The van der Waals surface area contributed by atoms with E-state index in [4.69, 9.17) is 4.74 Å². The van der Waals surface area contributed by atoms with Gasteiger partial charge in [0.2, 0.25) is 0 Å². The molecule has 0 rings (SSSR count). The smallest absolute Gasteiger partial charge is 0.313 e. The van der Waals surface area contributed by atoms with Crippen molar-refractivity contribution in [3.63, 3.8) is 0 Å². The summed E-state index contributed by atoms with van der Waals surface area (Å²) < 4.78 is 4.72. The quantitative estimate of drug-likeness (QED) is 0.180. The molecule has 0 aliphatic heterocycles. The minimum absolute atomic E-state index is 0.101. The van der Waals surface area contributed by atoms with Gasteiger partial charge in [0.1, 0.15) is 0 Å². The average molecular weight is 371 g/mol. The van der Waals surface area contributed by atoms with E-state index >= 15 is 0 Å². The largest absolute Gasteiger partial charge is 0.393 e. The summed E-state index contributed by atoms with van der Waals surface area (Å²) >= 11 is 0. The van der Waals surface area contributed by atoms with Crippen LogP contribution in [0.2, 0.25) is 0 Å². The Morgan fingerprint density at radius 3 is 1.65 bits per heavy atom. The fourth-order valence-electron chi connectivity index (χ4n) is 3.09. The van der Waals surface area contributed by atoms with Gasteiger partial charge in [-0.15, -0.1) is 0 Å². The minimum atomic E-state index is -0.399. The van der Waals surface area contributed by atoms with Gasteiger partial charge in [0, 0.05) is 12.8 Å². The normalized spacial score (nSPS) is 12.1. The lowest BCUT2D eigenvalue weighted by molar-refractivity contribution is -0.159. The van der Waals surface area contributed by atoms with Crippen LogP contribution in [0.25, 0.3) is 0 Å². The molecule has 0 saturated carbocycles. The molecule has 0 spiro atoms. The zero-order valence-electron chi connectivity index (χ0n) is 17.3. The Kier molecular flexibility index (Phi) is 18.2. The molecule has 1 atom stereocenters. The molecule has 0 aromatic rings. The molecule has 0 aromatic carbocycles. The van der Waals surface area contributed by atoms with Crippen molar-refractivity contribution in [1.82, 2.24) is 0 Å². The highest BCUT2D eigenvalue weighted by molar-refractivity contribution is 5.85. The second-order valence-corrected chi connectivity index (χ2v) is 7.47. The third kappa shape index (κ3) is 17.9. The fourth-order valence-corrected chi connectivity index (χ4v) is 3.09. The first-order chi connectivity index (χ1) is 12.6. The first kappa shape index (κ1) is 25.1. The van der Waals surface area contributed by atoms with Gasteiger partial charge in [-0.3, -0.25) is 9.59 Å². The number of carbonyl (C=O) groups is 2. The van der Waals surface area contributed by atoms with Crippen molar-refractivity contribution in [3.05, 3.63) is 0 Å². The van der Waals surface area contributed by atoms with Crippen LogP contribution < -0.4 is 0 Å². The van der Waals surface area contributed by atoms with E-state index in [0.29, 0.717) is 19.3 Å². The molecule has 0 bridgehead atoms. The maximum atomic E-state index is 11.4. The van der Waals surface area contributed by atoms with E-state index < -0.39 is 5.97 Å². The Hall–Kier alpha value is -0.900. The van der Waals surface area contributed by atoms with Crippen molar-refractivity contribution < 1.29 is 19.4 Å². The zero-order valence-corrected chi connectivity index (χ0v) is 17.3. The van der Waals surface area contributed by atoms with E-state index in [9.17, 15) is 14.7 Å². The first-order valence-corrected chi connectivity index (χ1v) is 11.0. The van der Waals surface area contributed by atoms with Crippen LogP contribution in [0.5, 0.6) is 0 Å². The van der Waals surface area contributed by atoms with E-state index in [0.717, 1.165) is 44.9 Å². The van der Waals surface area contributed by atoms with Crippen LogP contribution in [0.3, 0.4) is 0 Å². The summed E-state index contributed by atoms with van der Waals surface area (Å²) in [6, 6.07) is 0. The van der Waals surface area contributed by atoms with E-state index in [1.54, 1.807) is 0 Å². The molecule has 0 fully saturated rings. The summed E-state index contributed by atoms with van der Waals surface area (Å²) in [5.41, 5.74) is 0. The van der Waals surface area contributed by atoms with Crippen molar-refractivity contribution in [2.24, 2.45) is 0 Å². The van der Waals surface area contributed by atoms with Gasteiger partial charge >= 0.3 is 11.9 Å². The van der Waals surface area contributed by atoms with Crippen molar-refractivity contribution in [3.8, 4) is 0 Å². The van der Waals surface area contributed by atoms with Crippen molar-refractivity contribution in [2.75, 3.05) is 0 Å². The summed E-state index contributed by atoms with van der Waals surface area (Å²) in [7, 11) is 0. The van der Waals surface area contributed by atoms with Gasteiger partial charge in [-0.2, -0.15) is 0 Å². The number of unbranched alkanes of at least 4 members (excludes halogenated alkanes) is 10. The molecule has 4 nitrogen and oxygen atoms in total. The molecule has 0 heterocycles. The predicted octanol–water partition coefficient (Wildman–Crippen LogP) is 6.09. The number of aliphatic hydroxyl groups is 1. The monoisotopic (exact) mass is 370 g/mol. The molecule has 0 aliphatic rings. The Morgan fingerprint density at radius 2 is 1.12 bits per heavy atom. The van der Waals surface area contributed by atoms with Gasteiger partial charge in [-0.25, -0.2) is 0 Å². The van der Waals surface area contributed by atoms with Gasteiger partial charge in [0.25, 0.3) is 0 Å². The molecule has 4 heteroatoms. The van der Waals surface area contributed by atoms with Crippen LogP contribution in [0, 0.1) is 0 Å². The lowest BCUT2D eigenvalue weighted by atomic mass is 10.0. The van der Waals surface area contributed by atoms with Gasteiger partial charge < -0.3 is 9.84 Å². The van der Waals surface area contributed by atoms with Crippen LogP contribution in [-0.4, -0.2) is 23.1 Å². The number of hydrogen-bond donors (Lipinski definition) is 1. The number of rotatable bonds is 18. The number of esters is 2. The van der Waals surface area contributed by atoms with Crippen LogP contribution in [0.4, 0.5) is 0 Å². The van der Waals surface area contributed by atoms with Crippen LogP contribution >= 0.6 is 0 Å². The Balaban J connectivity index is 3.28. The predicted molar refractivity (Wildman–Crippen MR) is 107 cm³/mol. The molecule has 0 saturated heterocycles. The second-order valence-electron chi connectivity index (χ2n) is 7.47. The van der Waals surface area contributed by atoms with Gasteiger partial charge in [-0.05, 0) is 25.7 Å². The fraction of sp³-hybridized carbons (Fsp3) is 0.909. The topological polar surface area (TPSA) is 63.6 Å². The average Bonchev–Trinajstić information content (AvgIpc) is 2.60. The summed E-state index contributed by atoms with van der Waals surface area (Å²) in [6.07, 6.45) is 17.1. The Bertz CT molecular complexity index is 341. The molecule has 1 unspecified atom stereocenters. The lowest BCUT2D eigenvalue weighted by Gasteiger charge is -2.10. The molecule has 1 N–H and O–H groups in total. The van der Waals surface area contributed by atoms with Crippen molar-refractivity contribution in [2.45, 2.75) is 129 Å². The summed E-state index contributed by atoms with van der Waals surface area (Å²) in [6.45, 7) is 4.10.